The Morgan fingerprint density at radius 3 is 2.59 bits per heavy atom. The molecule has 4 rings (SSSR count). The van der Waals surface area contributed by atoms with Crippen LogP contribution in [-0.2, 0) is 11.0 Å². The van der Waals surface area contributed by atoms with Gasteiger partial charge in [-0.1, -0.05) is 11.6 Å². The molecular formula is C22H15ClF3N3O3. The van der Waals surface area contributed by atoms with E-state index in [-0.39, 0.29) is 5.75 Å². The molecule has 0 saturated heterocycles. The minimum atomic E-state index is -4.63. The molecule has 0 aliphatic carbocycles. The Labute approximate surface area is 185 Å². The second-order valence-electron chi connectivity index (χ2n) is 6.83. The largest absolute Gasteiger partial charge is 0.481 e. The number of nitrogens with zero attached hydrogens (tertiary/aromatic N) is 2. The van der Waals surface area contributed by atoms with E-state index in [0.29, 0.717) is 22.7 Å². The van der Waals surface area contributed by atoms with Crippen LogP contribution in [0.2, 0.25) is 5.02 Å². The molecule has 0 spiro atoms. The zero-order chi connectivity index (χ0) is 22.9. The van der Waals surface area contributed by atoms with Crippen LogP contribution in [0, 0.1) is 0 Å². The molecule has 0 saturated carbocycles. The van der Waals surface area contributed by atoms with Gasteiger partial charge in [0.1, 0.15) is 11.3 Å². The predicted molar refractivity (Wildman–Crippen MR) is 112 cm³/mol. The number of pyridine rings is 1. The number of rotatable bonds is 5. The molecule has 0 aliphatic rings. The normalized spacial score (nSPS) is 12.5. The molecule has 1 atom stereocenters. The fourth-order valence-corrected chi connectivity index (χ4v) is 3.14. The zero-order valence-corrected chi connectivity index (χ0v) is 17.2. The SMILES string of the molecule is C[C@@H](Oc1ccc(Cl)c(C(F)(F)F)c1)C(=O)Nc1ccc2oc(-c3ccncc3)nc2c1. The first-order valence-electron chi connectivity index (χ1n) is 9.36. The quantitative estimate of drug-likeness (QED) is 0.396. The van der Waals surface area contributed by atoms with Crippen LogP contribution < -0.4 is 10.1 Å². The maximum Gasteiger partial charge on any atom is 0.417 e. The number of oxazole rings is 1. The van der Waals surface area contributed by atoms with Gasteiger partial charge in [0, 0.05) is 23.6 Å². The number of carbonyl (C=O) groups is 1. The average molecular weight is 462 g/mol. The van der Waals surface area contributed by atoms with Crippen molar-refractivity contribution in [1.29, 1.82) is 0 Å². The molecule has 10 heteroatoms. The molecule has 0 aliphatic heterocycles. The molecule has 0 fully saturated rings. The molecule has 2 aromatic carbocycles. The van der Waals surface area contributed by atoms with Gasteiger partial charge in [0.2, 0.25) is 5.89 Å². The molecule has 164 valence electrons. The summed E-state index contributed by atoms with van der Waals surface area (Å²) in [7, 11) is 0. The van der Waals surface area contributed by atoms with E-state index in [9.17, 15) is 18.0 Å². The highest BCUT2D eigenvalue weighted by Crippen LogP contribution is 2.37. The Bertz CT molecular complexity index is 1280. The molecule has 2 heterocycles. The van der Waals surface area contributed by atoms with E-state index < -0.39 is 28.8 Å². The smallest absolute Gasteiger partial charge is 0.417 e. The van der Waals surface area contributed by atoms with E-state index in [0.717, 1.165) is 17.7 Å². The Balaban J connectivity index is 1.47. The van der Waals surface area contributed by atoms with Gasteiger partial charge in [-0.3, -0.25) is 9.78 Å². The predicted octanol–water partition coefficient (Wildman–Crippen LogP) is 5.97. The number of fused-ring (bicyclic) bond motifs is 1. The van der Waals surface area contributed by atoms with Crippen molar-refractivity contribution in [2.75, 3.05) is 5.32 Å². The van der Waals surface area contributed by atoms with Gasteiger partial charge in [0.05, 0.1) is 10.6 Å². The lowest BCUT2D eigenvalue weighted by molar-refractivity contribution is -0.137. The van der Waals surface area contributed by atoms with Crippen molar-refractivity contribution in [3.63, 3.8) is 0 Å². The third-order valence-corrected chi connectivity index (χ3v) is 4.84. The van der Waals surface area contributed by atoms with Crippen LogP contribution in [0.3, 0.4) is 0 Å². The van der Waals surface area contributed by atoms with E-state index >= 15 is 0 Å². The van der Waals surface area contributed by atoms with Crippen molar-refractivity contribution in [1.82, 2.24) is 9.97 Å². The maximum atomic E-state index is 13.0. The van der Waals surface area contributed by atoms with Crippen LogP contribution in [0.1, 0.15) is 12.5 Å². The molecule has 1 N–H and O–H groups in total. The summed E-state index contributed by atoms with van der Waals surface area (Å²) in [6.07, 6.45) is -2.47. The Morgan fingerprint density at radius 2 is 1.88 bits per heavy atom. The second-order valence-corrected chi connectivity index (χ2v) is 7.23. The zero-order valence-electron chi connectivity index (χ0n) is 16.5. The van der Waals surface area contributed by atoms with Crippen molar-refractivity contribution < 1.29 is 27.1 Å². The van der Waals surface area contributed by atoms with Gasteiger partial charge >= 0.3 is 6.18 Å². The van der Waals surface area contributed by atoms with Crippen LogP contribution in [0.5, 0.6) is 5.75 Å². The summed E-state index contributed by atoms with van der Waals surface area (Å²) < 4.78 is 50.1. The molecule has 32 heavy (non-hydrogen) atoms. The maximum absolute atomic E-state index is 13.0. The summed E-state index contributed by atoms with van der Waals surface area (Å²) in [4.78, 5) is 20.8. The summed E-state index contributed by atoms with van der Waals surface area (Å²) in [6, 6.07) is 11.5. The van der Waals surface area contributed by atoms with Crippen LogP contribution in [0.4, 0.5) is 18.9 Å². The van der Waals surface area contributed by atoms with Gasteiger partial charge in [-0.05, 0) is 55.5 Å². The van der Waals surface area contributed by atoms with Gasteiger partial charge in [0.25, 0.3) is 5.91 Å². The van der Waals surface area contributed by atoms with Crippen LogP contribution in [-0.4, -0.2) is 22.0 Å². The first-order chi connectivity index (χ1) is 15.2. The highest BCUT2D eigenvalue weighted by molar-refractivity contribution is 6.31. The van der Waals surface area contributed by atoms with Crippen LogP contribution in [0.25, 0.3) is 22.6 Å². The van der Waals surface area contributed by atoms with Gasteiger partial charge in [0.15, 0.2) is 11.7 Å². The van der Waals surface area contributed by atoms with E-state index in [2.05, 4.69) is 15.3 Å². The van der Waals surface area contributed by atoms with Gasteiger partial charge < -0.3 is 14.5 Å². The first kappa shape index (κ1) is 21.6. The van der Waals surface area contributed by atoms with Crippen molar-refractivity contribution in [3.8, 4) is 17.2 Å². The third kappa shape index (κ3) is 4.67. The summed E-state index contributed by atoms with van der Waals surface area (Å²) >= 11 is 5.60. The molecule has 0 unspecified atom stereocenters. The molecule has 0 bridgehead atoms. The number of ether oxygens (including phenoxy) is 1. The molecule has 6 nitrogen and oxygen atoms in total. The van der Waals surface area contributed by atoms with Crippen molar-refractivity contribution >= 4 is 34.3 Å². The number of nitrogens with one attached hydrogen (secondary N) is 1. The summed E-state index contributed by atoms with van der Waals surface area (Å²) in [5, 5.41) is 2.21. The number of alkyl halides is 3. The fourth-order valence-electron chi connectivity index (χ4n) is 2.92. The monoisotopic (exact) mass is 461 g/mol. The number of amides is 1. The summed E-state index contributed by atoms with van der Waals surface area (Å²) in [5.41, 5.74) is 1.20. The molecule has 4 aromatic rings. The van der Waals surface area contributed by atoms with E-state index in [1.165, 1.54) is 13.0 Å². The number of hydrogen-bond donors (Lipinski definition) is 1. The molecule has 1 amide bonds. The Hall–Kier alpha value is -3.59. The third-order valence-electron chi connectivity index (χ3n) is 4.51. The van der Waals surface area contributed by atoms with E-state index in [1.54, 1.807) is 42.7 Å². The van der Waals surface area contributed by atoms with Crippen LogP contribution in [0.15, 0.2) is 65.3 Å². The van der Waals surface area contributed by atoms with Crippen molar-refractivity contribution in [3.05, 3.63) is 71.5 Å². The lowest BCUT2D eigenvalue weighted by Gasteiger charge is -2.16. The van der Waals surface area contributed by atoms with Crippen LogP contribution >= 0.6 is 11.6 Å². The molecular weight excluding hydrogens is 447 g/mol. The summed E-state index contributed by atoms with van der Waals surface area (Å²) in [5.74, 6) is -0.269. The minimum absolute atomic E-state index is 0.127. The Kier molecular flexibility index (Phi) is 5.75. The molecule has 2 aromatic heterocycles. The topological polar surface area (TPSA) is 77.2 Å². The average Bonchev–Trinajstić information content (AvgIpc) is 3.18. The fraction of sp³-hybridized carbons (Fsp3) is 0.136. The highest BCUT2D eigenvalue weighted by Gasteiger charge is 2.33. The number of carbonyl (C=O) groups excluding carboxylic acids is 1. The minimum Gasteiger partial charge on any atom is -0.481 e. The number of halogens is 4. The van der Waals surface area contributed by atoms with Gasteiger partial charge in [-0.25, -0.2) is 4.98 Å². The van der Waals surface area contributed by atoms with Crippen molar-refractivity contribution in [2.24, 2.45) is 0 Å². The first-order valence-corrected chi connectivity index (χ1v) is 9.74. The lowest BCUT2D eigenvalue weighted by atomic mass is 10.2. The van der Waals surface area contributed by atoms with Gasteiger partial charge in [-0.15, -0.1) is 0 Å². The summed E-state index contributed by atoms with van der Waals surface area (Å²) in [6.45, 7) is 1.42. The van der Waals surface area contributed by atoms with Gasteiger partial charge in [-0.2, -0.15) is 13.2 Å². The second kappa shape index (κ2) is 8.51. The van der Waals surface area contributed by atoms with E-state index in [1.807, 2.05) is 0 Å². The van der Waals surface area contributed by atoms with E-state index in [4.69, 9.17) is 20.8 Å². The number of aromatic nitrogens is 2. The highest BCUT2D eigenvalue weighted by atomic mass is 35.5. The number of anilines is 1. The standard InChI is InChI=1S/C22H15ClF3N3O3/c1-12(31-15-3-4-17(23)16(11-15)22(24,25)26)20(30)28-14-2-5-19-18(10-14)29-21(32-19)13-6-8-27-9-7-13/h2-12H,1H3,(H,28,30)/t12-/m1/s1. The Morgan fingerprint density at radius 1 is 1.12 bits per heavy atom. The van der Waals surface area contributed by atoms with Crippen molar-refractivity contribution in [2.45, 2.75) is 19.2 Å². The number of benzene rings is 2. The number of hydrogen-bond acceptors (Lipinski definition) is 5. The lowest BCUT2D eigenvalue weighted by Crippen LogP contribution is -2.30. The molecule has 0 radical (unpaired) electrons.